The lowest BCUT2D eigenvalue weighted by Crippen LogP contribution is -2.50. The molecule has 0 saturated carbocycles. The van der Waals surface area contributed by atoms with Gasteiger partial charge in [-0.3, -0.25) is 9.10 Å². The second kappa shape index (κ2) is 10.6. The third kappa shape index (κ3) is 6.10. The van der Waals surface area contributed by atoms with E-state index in [0.717, 1.165) is 6.26 Å². The summed E-state index contributed by atoms with van der Waals surface area (Å²) in [5.41, 5.74) is 1.45. The first-order valence-electron chi connectivity index (χ1n) is 10.3. The molecule has 11 heteroatoms. The number of piperazine rings is 1. The largest absolute Gasteiger partial charge is 0.450 e. The van der Waals surface area contributed by atoms with Crippen molar-refractivity contribution in [3.8, 4) is 0 Å². The van der Waals surface area contributed by atoms with E-state index in [2.05, 4.69) is 0 Å². The van der Waals surface area contributed by atoms with E-state index in [4.69, 9.17) is 27.9 Å². The summed E-state index contributed by atoms with van der Waals surface area (Å²) < 4.78 is 31.0. The molecule has 1 aliphatic heterocycles. The van der Waals surface area contributed by atoms with Crippen molar-refractivity contribution in [1.82, 2.24) is 9.80 Å². The molecule has 8 nitrogen and oxygen atoms in total. The van der Waals surface area contributed by atoms with Crippen LogP contribution >= 0.6 is 23.2 Å². The summed E-state index contributed by atoms with van der Waals surface area (Å²) >= 11 is 12.3. The molecule has 1 saturated heterocycles. The molecule has 0 spiro atoms. The molecule has 178 valence electrons. The number of nitrogens with zero attached hydrogens (tertiary/aromatic N) is 3. The van der Waals surface area contributed by atoms with Gasteiger partial charge in [0.2, 0.25) is 10.0 Å². The molecule has 0 radical (unpaired) electrons. The summed E-state index contributed by atoms with van der Waals surface area (Å²) in [5, 5.41) is 0.408. The van der Waals surface area contributed by atoms with Gasteiger partial charge in [-0.15, -0.1) is 0 Å². The number of halogens is 2. The van der Waals surface area contributed by atoms with Crippen molar-refractivity contribution in [2.24, 2.45) is 0 Å². The van der Waals surface area contributed by atoms with Crippen LogP contribution in [0.15, 0.2) is 42.5 Å². The van der Waals surface area contributed by atoms with Gasteiger partial charge >= 0.3 is 6.09 Å². The molecule has 0 unspecified atom stereocenters. The van der Waals surface area contributed by atoms with Gasteiger partial charge in [0.15, 0.2) is 0 Å². The van der Waals surface area contributed by atoms with Gasteiger partial charge in [0.25, 0.3) is 5.91 Å². The van der Waals surface area contributed by atoms with E-state index in [1.807, 2.05) is 0 Å². The fourth-order valence-corrected chi connectivity index (χ4v) is 4.81. The Bertz CT molecular complexity index is 1120. The van der Waals surface area contributed by atoms with E-state index >= 15 is 0 Å². The van der Waals surface area contributed by atoms with E-state index < -0.39 is 10.0 Å². The molecule has 1 heterocycles. The van der Waals surface area contributed by atoms with E-state index in [0.29, 0.717) is 43.9 Å². The molecule has 0 aromatic heterocycles. The second-order valence-corrected chi connectivity index (χ2v) is 10.2. The minimum atomic E-state index is -3.64. The summed E-state index contributed by atoms with van der Waals surface area (Å²) in [5.74, 6) is -0.150. The van der Waals surface area contributed by atoms with Crippen molar-refractivity contribution < 1.29 is 22.7 Å². The fraction of sp³-hybridized carbons (Fsp3) is 0.364. The number of hydrogen-bond donors (Lipinski definition) is 0. The SMILES string of the molecule is CCOC(=O)N1CCN(C(=O)c2ccc(CN(c3cccc(Cl)c3Cl)S(C)(=O)=O)cc2)CC1. The van der Waals surface area contributed by atoms with E-state index in [1.54, 1.807) is 59.2 Å². The molecule has 2 aromatic rings. The number of amides is 2. The summed E-state index contributed by atoms with van der Waals surface area (Å²) in [6, 6.07) is 11.5. The van der Waals surface area contributed by atoms with Crippen LogP contribution in [-0.2, 0) is 21.3 Å². The van der Waals surface area contributed by atoms with Gasteiger partial charge in [0, 0.05) is 31.7 Å². The monoisotopic (exact) mass is 513 g/mol. The quantitative estimate of drug-likeness (QED) is 0.584. The van der Waals surface area contributed by atoms with Crippen molar-refractivity contribution >= 4 is 50.9 Å². The number of rotatable bonds is 6. The molecule has 2 amide bonds. The first-order valence-corrected chi connectivity index (χ1v) is 12.9. The minimum absolute atomic E-state index is 0.0333. The van der Waals surface area contributed by atoms with Gasteiger partial charge in [-0.25, -0.2) is 13.2 Å². The lowest BCUT2D eigenvalue weighted by molar-refractivity contribution is 0.0570. The Morgan fingerprint density at radius 2 is 1.61 bits per heavy atom. The molecule has 0 aliphatic carbocycles. The zero-order valence-electron chi connectivity index (χ0n) is 18.3. The molecule has 33 heavy (non-hydrogen) atoms. The van der Waals surface area contributed by atoms with Gasteiger partial charge in [-0.05, 0) is 36.8 Å². The van der Waals surface area contributed by atoms with Crippen LogP contribution in [0.25, 0.3) is 0 Å². The topological polar surface area (TPSA) is 87.2 Å². The van der Waals surface area contributed by atoms with E-state index in [1.165, 1.54) is 4.31 Å². The van der Waals surface area contributed by atoms with Crippen molar-refractivity contribution in [2.45, 2.75) is 13.5 Å². The third-order valence-corrected chi connectivity index (χ3v) is 7.16. The molecule has 1 fully saturated rings. The number of carbonyl (C=O) groups is 2. The standard InChI is InChI=1S/C22H25Cl2N3O5S/c1-3-32-22(29)26-13-11-25(12-14-26)21(28)17-9-7-16(8-10-17)15-27(33(2,30)31)19-6-4-5-18(23)20(19)24/h4-10H,3,11-15H2,1-2H3. The highest BCUT2D eigenvalue weighted by molar-refractivity contribution is 7.92. The Morgan fingerprint density at radius 1 is 1.00 bits per heavy atom. The van der Waals surface area contributed by atoms with Crippen LogP contribution < -0.4 is 4.31 Å². The zero-order valence-corrected chi connectivity index (χ0v) is 20.7. The van der Waals surface area contributed by atoms with E-state index in [-0.39, 0.29) is 34.3 Å². The molecule has 0 atom stereocenters. The average molecular weight is 514 g/mol. The van der Waals surface area contributed by atoms with Crippen molar-refractivity contribution in [3.63, 3.8) is 0 Å². The Hall–Kier alpha value is -2.49. The predicted octanol–water partition coefficient (Wildman–Crippen LogP) is 3.87. The number of hydrogen-bond acceptors (Lipinski definition) is 5. The summed E-state index contributed by atoms with van der Waals surface area (Å²) in [6.07, 6.45) is 0.724. The first kappa shape index (κ1) is 25.1. The highest BCUT2D eigenvalue weighted by Gasteiger charge is 2.26. The van der Waals surface area contributed by atoms with Crippen LogP contribution in [0.2, 0.25) is 10.0 Å². The van der Waals surface area contributed by atoms with E-state index in [9.17, 15) is 18.0 Å². The Kier molecular flexibility index (Phi) is 8.10. The number of carbonyl (C=O) groups excluding carboxylic acids is 2. The van der Waals surface area contributed by atoms with Gasteiger partial charge in [0.05, 0.1) is 35.1 Å². The Balaban J connectivity index is 1.70. The van der Waals surface area contributed by atoms with Crippen LogP contribution in [0.3, 0.4) is 0 Å². The smallest absolute Gasteiger partial charge is 0.409 e. The predicted molar refractivity (Wildman–Crippen MR) is 128 cm³/mol. The van der Waals surface area contributed by atoms with Crippen molar-refractivity contribution in [3.05, 3.63) is 63.6 Å². The molecule has 3 rings (SSSR count). The van der Waals surface area contributed by atoms with Crippen LogP contribution in [0, 0.1) is 0 Å². The zero-order chi connectivity index (χ0) is 24.2. The van der Waals surface area contributed by atoms with Crippen LogP contribution in [0.1, 0.15) is 22.8 Å². The lowest BCUT2D eigenvalue weighted by Gasteiger charge is -2.34. The highest BCUT2D eigenvalue weighted by atomic mass is 35.5. The number of ether oxygens (including phenoxy) is 1. The first-order chi connectivity index (χ1) is 15.6. The van der Waals surface area contributed by atoms with Gasteiger partial charge in [-0.2, -0.15) is 0 Å². The van der Waals surface area contributed by atoms with Crippen molar-refractivity contribution in [1.29, 1.82) is 0 Å². The average Bonchev–Trinajstić information content (AvgIpc) is 2.79. The number of anilines is 1. The van der Waals surface area contributed by atoms with Crippen LogP contribution in [0.5, 0.6) is 0 Å². The Labute approximate surface area is 203 Å². The molecule has 0 N–H and O–H groups in total. The fourth-order valence-electron chi connectivity index (χ4n) is 3.47. The lowest BCUT2D eigenvalue weighted by atomic mass is 10.1. The van der Waals surface area contributed by atoms with Gasteiger partial charge in [0.1, 0.15) is 0 Å². The highest BCUT2D eigenvalue weighted by Crippen LogP contribution is 2.34. The van der Waals surface area contributed by atoms with Gasteiger partial charge in [-0.1, -0.05) is 41.4 Å². The molecule has 0 bridgehead atoms. The summed E-state index contributed by atoms with van der Waals surface area (Å²) in [7, 11) is -3.64. The summed E-state index contributed by atoms with van der Waals surface area (Å²) in [4.78, 5) is 27.9. The molecular formula is C22H25Cl2N3O5S. The third-order valence-electron chi connectivity index (χ3n) is 5.22. The van der Waals surface area contributed by atoms with Crippen molar-refractivity contribution in [2.75, 3.05) is 43.3 Å². The normalized spacial score (nSPS) is 14.2. The maximum atomic E-state index is 12.9. The number of benzene rings is 2. The maximum absolute atomic E-state index is 12.9. The number of sulfonamides is 1. The second-order valence-electron chi connectivity index (χ2n) is 7.52. The van der Waals surface area contributed by atoms with Gasteiger partial charge < -0.3 is 14.5 Å². The van der Waals surface area contributed by atoms with Crippen LogP contribution in [0.4, 0.5) is 10.5 Å². The maximum Gasteiger partial charge on any atom is 0.409 e. The molecular weight excluding hydrogens is 489 g/mol. The Morgan fingerprint density at radius 3 is 2.18 bits per heavy atom. The molecule has 1 aliphatic rings. The molecule has 2 aromatic carbocycles. The van der Waals surface area contributed by atoms with Crippen LogP contribution in [-0.4, -0.2) is 69.3 Å². The summed E-state index contributed by atoms with van der Waals surface area (Å²) in [6.45, 7) is 3.73. The minimum Gasteiger partial charge on any atom is -0.450 e.